The minimum Gasteiger partial charge on any atom is -0.335 e. The maximum Gasteiger partial charge on any atom is 0.226 e. The zero-order valence-corrected chi connectivity index (χ0v) is 21.0. The van der Waals surface area contributed by atoms with Gasteiger partial charge >= 0.3 is 0 Å². The van der Waals surface area contributed by atoms with E-state index in [1.807, 2.05) is 57.2 Å². The Morgan fingerprint density at radius 3 is 2.63 bits per heavy atom. The van der Waals surface area contributed by atoms with E-state index in [1.165, 1.54) is 12.1 Å². The SMILES string of the molecule is Cc1cc(NC(=O)C(C)C)cc(-c2ccc3[nH]nc(-c4nc5c(-c6cccc(F)c6)cncc5[nH]4)c3n2)c1. The molecule has 0 unspecified atom stereocenters. The molecule has 2 aromatic carbocycles. The van der Waals surface area contributed by atoms with Gasteiger partial charge in [0.15, 0.2) is 11.5 Å². The van der Waals surface area contributed by atoms with Crippen LogP contribution in [0.1, 0.15) is 19.4 Å². The fraction of sp³-hybridized carbons (Fsp3) is 0.138. The summed E-state index contributed by atoms with van der Waals surface area (Å²) in [6.45, 7) is 5.70. The van der Waals surface area contributed by atoms with Crippen LogP contribution in [0, 0.1) is 18.7 Å². The number of nitrogens with zero attached hydrogens (tertiary/aromatic N) is 4. The van der Waals surface area contributed by atoms with Crippen molar-refractivity contribution >= 4 is 33.7 Å². The van der Waals surface area contributed by atoms with E-state index in [0.717, 1.165) is 28.0 Å². The van der Waals surface area contributed by atoms with Crippen molar-refractivity contribution in [1.29, 1.82) is 0 Å². The van der Waals surface area contributed by atoms with Crippen molar-refractivity contribution < 1.29 is 9.18 Å². The van der Waals surface area contributed by atoms with Gasteiger partial charge in [-0.3, -0.25) is 14.9 Å². The molecule has 0 fully saturated rings. The molecule has 0 bridgehead atoms. The smallest absolute Gasteiger partial charge is 0.226 e. The predicted octanol–water partition coefficient (Wildman–Crippen LogP) is 6.27. The Bertz CT molecular complexity index is 1840. The quantitative estimate of drug-likeness (QED) is 0.256. The summed E-state index contributed by atoms with van der Waals surface area (Å²) in [5, 5.41) is 10.5. The fourth-order valence-corrected chi connectivity index (χ4v) is 4.43. The van der Waals surface area contributed by atoms with Crippen LogP contribution in [0.15, 0.2) is 67.0 Å². The number of carbonyl (C=O) groups excluding carboxylic acids is 1. The normalized spacial score (nSPS) is 11.5. The minimum atomic E-state index is -0.326. The molecule has 4 heterocycles. The molecule has 1 amide bonds. The number of H-pyrrole nitrogens is 2. The Balaban J connectivity index is 1.43. The maximum atomic E-state index is 13.9. The van der Waals surface area contributed by atoms with E-state index >= 15 is 0 Å². The van der Waals surface area contributed by atoms with Gasteiger partial charge in [0.05, 0.1) is 28.4 Å². The van der Waals surface area contributed by atoms with Crippen LogP contribution in [0.2, 0.25) is 0 Å². The summed E-state index contributed by atoms with van der Waals surface area (Å²) < 4.78 is 13.9. The van der Waals surface area contributed by atoms with Crippen molar-refractivity contribution in [1.82, 2.24) is 30.1 Å². The van der Waals surface area contributed by atoms with Gasteiger partial charge in [-0.25, -0.2) is 14.4 Å². The van der Waals surface area contributed by atoms with Crippen LogP contribution in [0.4, 0.5) is 10.1 Å². The van der Waals surface area contributed by atoms with Gasteiger partial charge in [0, 0.05) is 28.9 Å². The zero-order valence-electron chi connectivity index (χ0n) is 21.0. The molecular weight excluding hydrogens is 481 g/mol. The topological polar surface area (TPSA) is 112 Å². The largest absolute Gasteiger partial charge is 0.335 e. The first-order chi connectivity index (χ1) is 18.4. The second-order valence-electron chi connectivity index (χ2n) is 9.58. The summed E-state index contributed by atoms with van der Waals surface area (Å²) in [5.41, 5.74) is 8.09. The number of aromatic nitrogens is 6. The molecule has 3 N–H and O–H groups in total. The number of aromatic amines is 2. The molecule has 188 valence electrons. The number of imidazole rings is 1. The van der Waals surface area contributed by atoms with Gasteiger partial charge in [-0.2, -0.15) is 5.10 Å². The van der Waals surface area contributed by atoms with Crippen LogP contribution in [-0.4, -0.2) is 36.0 Å². The van der Waals surface area contributed by atoms with Crippen LogP contribution in [-0.2, 0) is 4.79 Å². The molecule has 0 aliphatic heterocycles. The first kappa shape index (κ1) is 23.5. The van der Waals surface area contributed by atoms with Crippen molar-refractivity contribution in [3.63, 3.8) is 0 Å². The Morgan fingerprint density at radius 1 is 0.947 bits per heavy atom. The highest BCUT2D eigenvalue weighted by atomic mass is 19.1. The van der Waals surface area contributed by atoms with Crippen LogP contribution < -0.4 is 5.32 Å². The zero-order chi connectivity index (χ0) is 26.4. The predicted molar refractivity (Wildman–Crippen MR) is 146 cm³/mol. The molecule has 4 aromatic heterocycles. The van der Waals surface area contributed by atoms with Crippen LogP contribution >= 0.6 is 0 Å². The second kappa shape index (κ2) is 9.19. The number of pyridine rings is 2. The molecule has 38 heavy (non-hydrogen) atoms. The number of halogens is 1. The third kappa shape index (κ3) is 4.28. The van der Waals surface area contributed by atoms with E-state index in [0.29, 0.717) is 39.2 Å². The number of amides is 1. The molecule has 6 aromatic rings. The average Bonchev–Trinajstić information content (AvgIpc) is 3.51. The molecular formula is C29H24FN7O. The molecule has 0 radical (unpaired) electrons. The molecule has 0 saturated carbocycles. The summed E-state index contributed by atoms with van der Waals surface area (Å²) in [7, 11) is 0. The van der Waals surface area contributed by atoms with Gasteiger partial charge in [-0.15, -0.1) is 0 Å². The van der Waals surface area contributed by atoms with Gasteiger partial charge in [0.1, 0.15) is 11.3 Å². The molecule has 0 atom stereocenters. The van der Waals surface area contributed by atoms with Crippen molar-refractivity contribution in [3.8, 4) is 33.9 Å². The Morgan fingerprint density at radius 2 is 1.82 bits per heavy atom. The number of benzene rings is 2. The summed E-state index contributed by atoms with van der Waals surface area (Å²) in [4.78, 5) is 29.6. The first-order valence-electron chi connectivity index (χ1n) is 12.2. The van der Waals surface area contributed by atoms with Crippen molar-refractivity contribution in [2.45, 2.75) is 20.8 Å². The Labute approximate surface area is 217 Å². The molecule has 0 aliphatic carbocycles. The third-order valence-electron chi connectivity index (χ3n) is 6.33. The number of nitrogens with one attached hydrogen (secondary N) is 3. The Kier molecular flexibility index (Phi) is 5.68. The summed E-state index contributed by atoms with van der Waals surface area (Å²) in [5.74, 6) is 0.0329. The number of carbonyl (C=O) groups is 1. The molecule has 0 spiro atoms. The fourth-order valence-electron chi connectivity index (χ4n) is 4.43. The number of hydrogen-bond acceptors (Lipinski definition) is 5. The Hall–Kier alpha value is -4.92. The number of rotatable bonds is 5. The molecule has 0 saturated heterocycles. The van der Waals surface area contributed by atoms with Crippen LogP contribution in [0.3, 0.4) is 0 Å². The van der Waals surface area contributed by atoms with Gasteiger partial charge < -0.3 is 10.3 Å². The lowest BCUT2D eigenvalue weighted by Gasteiger charge is -2.11. The number of anilines is 1. The number of hydrogen-bond donors (Lipinski definition) is 3. The van der Waals surface area contributed by atoms with E-state index in [4.69, 9.17) is 9.97 Å². The van der Waals surface area contributed by atoms with Crippen molar-refractivity contribution in [3.05, 3.63) is 78.4 Å². The van der Waals surface area contributed by atoms with E-state index in [2.05, 4.69) is 25.5 Å². The first-order valence-corrected chi connectivity index (χ1v) is 12.2. The standard InChI is InChI=1S/C29H24FN7O/c1-15(2)29(38)32-20-10-16(3)9-18(12-20)22-7-8-23-26(33-22)27(37-36-23)28-34-24-14-31-13-21(25(24)35-28)17-5-4-6-19(30)11-17/h4-15H,1-3H3,(H,32,38)(H,34,35)(H,36,37). The van der Waals surface area contributed by atoms with Crippen molar-refractivity contribution in [2.75, 3.05) is 5.32 Å². The highest BCUT2D eigenvalue weighted by Crippen LogP contribution is 2.32. The summed E-state index contributed by atoms with van der Waals surface area (Å²) in [6, 6.07) is 16.1. The summed E-state index contributed by atoms with van der Waals surface area (Å²) >= 11 is 0. The lowest BCUT2D eigenvalue weighted by atomic mass is 10.1. The van der Waals surface area contributed by atoms with E-state index in [-0.39, 0.29) is 17.6 Å². The third-order valence-corrected chi connectivity index (χ3v) is 6.33. The lowest BCUT2D eigenvalue weighted by molar-refractivity contribution is -0.118. The van der Waals surface area contributed by atoms with Crippen LogP contribution in [0.25, 0.3) is 56.0 Å². The molecule has 9 heteroatoms. The minimum absolute atomic E-state index is 0.0425. The van der Waals surface area contributed by atoms with E-state index in [1.54, 1.807) is 18.5 Å². The van der Waals surface area contributed by atoms with Gasteiger partial charge in [-0.05, 0) is 60.5 Å². The molecule has 6 rings (SSSR count). The van der Waals surface area contributed by atoms with E-state index in [9.17, 15) is 9.18 Å². The monoisotopic (exact) mass is 505 g/mol. The number of fused-ring (bicyclic) bond motifs is 2. The van der Waals surface area contributed by atoms with Gasteiger partial charge in [0.25, 0.3) is 0 Å². The highest BCUT2D eigenvalue weighted by molar-refractivity contribution is 5.96. The van der Waals surface area contributed by atoms with Gasteiger partial charge in [-0.1, -0.05) is 26.0 Å². The highest BCUT2D eigenvalue weighted by Gasteiger charge is 2.18. The van der Waals surface area contributed by atoms with E-state index < -0.39 is 0 Å². The maximum absolute atomic E-state index is 13.9. The summed E-state index contributed by atoms with van der Waals surface area (Å²) in [6.07, 6.45) is 3.36. The van der Waals surface area contributed by atoms with Crippen molar-refractivity contribution in [2.24, 2.45) is 5.92 Å². The average molecular weight is 506 g/mol. The molecule has 0 aliphatic rings. The molecule has 8 nitrogen and oxygen atoms in total. The number of aryl methyl sites for hydroxylation is 1. The van der Waals surface area contributed by atoms with Crippen LogP contribution in [0.5, 0.6) is 0 Å². The second-order valence-corrected chi connectivity index (χ2v) is 9.58. The van der Waals surface area contributed by atoms with Gasteiger partial charge in [0.2, 0.25) is 5.91 Å². The lowest BCUT2D eigenvalue weighted by Crippen LogP contribution is -2.17.